The van der Waals surface area contributed by atoms with Crippen molar-refractivity contribution < 1.29 is 22.7 Å². The van der Waals surface area contributed by atoms with Crippen molar-refractivity contribution in [3.8, 4) is 5.75 Å². The molecule has 1 aliphatic carbocycles. The predicted octanol–water partition coefficient (Wildman–Crippen LogP) is 4.76. The van der Waals surface area contributed by atoms with Gasteiger partial charge in [-0.15, -0.1) is 0 Å². The van der Waals surface area contributed by atoms with Crippen molar-refractivity contribution in [2.24, 2.45) is 0 Å². The van der Waals surface area contributed by atoms with Crippen LogP contribution in [0.1, 0.15) is 57.9 Å². The van der Waals surface area contributed by atoms with Gasteiger partial charge in [-0.05, 0) is 69.0 Å². The Kier molecular flexibility index (Phi) is 10.8. The number of ether oxygens (including phenoxy) is 1. The molecule has 2 aromatic rings. The van der Waals surface area contributed by atoms with E-state index in [1.807, 2.05) is 25.1 Å². The van der Waals surface area contributed by atoms with Gasteiger partial charge in [-0.25, -0.2) is 8.42 Å². The maximum Gasteiger partial charge on any atom is 0.242 e. The average molecular weight is 564 g/mol. The first-order valence-corrected chi connectivity index (χ1v) is 15.4. The molecule has 1 unspecified atom stereocenters. The number of nitrogens with one attached hydrogen (secondary N) is 1. The maximum absolute atomic E-state index is 13.4. The molecule has 0 heterocycles. The van der Waals surface area contributed by atoms with Crippen LogP contribution >= 0.6 is 11.6 Å². The van der Waals surface area contributed by atoms with Gasteiger partial charge < -0.3 is 15.0 Å². The fourth-order valence-electron chi connectivity index (χ4n) is 4.66. The van der Waals surface area contributed by atoms with Crippen LogP contribution in [0.15, 0.2) is 48.5 Å². The summed E-state index contributed by atoms with van der Waals surface area (Å²) in [6, 6.07) is 13.5. The van der Waals surface area contributed by atoms with Gasteiger partial charge >= 0.3 is 0 Å². The smallest absolute Gasteiger partial charge is 0.242 e. The lowest BCUT2D eigenvalue weighted by Gasteiger charge is -2.30. The summed E-state index contributed by atoms with van der Waals surface area (Å²) in [5.74, 6) is 0.226. The van der Waals surface area contributed by atoms with Gasteiger partial charge in [0.15, 0.2) is 0 Å². The molecule has 0 spiro atoms. The normalized spacial score (nSPS) is 14.6. The lowest BCUT2D eigenvalue weighted by Crippen LogP contribution is -2.49. The molecule has 0 aromatic heterocycles. The minimum absolute atomic E-state index is 0.0779. The minimum Gasteiger partial charge on any atom is -0.494 e. The van der Waals surface area contributed by atoms with Crippen LogP contribution < -0.4 is 14.4 Å². The number of benzene rings is 2. The van der Waals surface area contributed by atoms with E-state index in [0.717, 1.165) is 37.5 Å². The Bertz CT molecular complexity index is 1180. The molecule has 1 atom stereocenters. The van der Waals surface area contributed by atoms with E-state index in [2.05, 4.69) is 5.32 Å². The van der Waals surface area contributed by atoms with Crippen molar-refractivity contribution in [2.75, 3.05) is 23.7 Å². The molecule has 0 radical (unpaired) electrons. The van der Waals surface area contributed by atoms with Crippen molar-refractivity contribution in [1.29, 1.82) is 0 Å². The van der Waals surface area contributed by atoms with Crippen LogP contribution in [0.4, 0.5) is 5.69 Å². The number of hydrogen-bond acceptors (Lipinski definition) is 5. The highest BCUT2D eigenvalue weighted by molar-refractivity contribution is 7.92. The Hall–Kier alpha value is -2.78. The minimum atomic E-state index is -3.57. The quantitative estimate of drug-likeness (QED) is 0.379. The topological polar surface area (TPSA) is 96.0 Å². The molecule has 1 fully saturated rings. The van der Waals surface area contributed by atoms with E-state index >= 15 is 0 Å². The first-order chi connectivity index (χ1) is 18.1. The van der Waals surface area contributed by atoms with Gasteiger partial charge in [0.05, 0.1) is 18.6 Å². The Morgan fingerprint density at radius 2 is 1.76 bits per heavy atom. The first-order valence-electron chi connectivity index (χ1n) is 13.1. The van der Waals surface area contributed by atoms with E-state index in [9.17, 15) is 18.0 Å². The molecular formula is C28H38ClN3O5S. The van der Waals surface area contributed by atoms with Gasteiger partial charge in [-0.3, -0.25) is 13.9 Å². The third kappa shape index (κ3) is 8.36. The first kappa shape index (κ1) is 29.8. The standard InChI is InChI=1S/C28H38ClN3O5S/c1-4-37-25-17-15-24(16-18-25)32(38(3,35)36)19-9-14-27(33)31(20-22-10-5-8-13-26(22)29)21(2)28(34)30-23-11-6-7-12-23/h5,8,10,13,15-18,21,23H,4,6-7,9,11-12,14,19-20H2,1-3H3,(H,30,34). The second kappa shape index (κ2) is 13.8. The molecule has 1 N–H and O–H groups in total. The zero-order valence-corrected chi connectivity index (χ0v) is 23.9. The number of anilines is 1. The summed E-state index contributed by atoms with van der Waals surface area (Å²) in [7, 11) is -3.57. The predicted molar refractivity (Wildman–Crippen MR) is 151 cm³/mol. The summed E-state index contributed by atoms with van der Waals surface area (Å²) in [4.78, 5) is 28.0. The Morgan fingerprint density at radius 3 is 2.37 bits per heavy atom. The fraction of sp³-hybridized carbons (Fsp3) is 0.500. The van der Waals surface area contributed by atoms with E-state index in [4.69, 9.17) is 16.3 Å². The van der Waals surface area contributed by atoms with E-state index in [0.29, 0.717) is 23.1 Å². The van der Waals surface area contributed by atoms with E-state index in [-0.39, 0.29) is 43.8 Å². The molecule has 8 nitrogen and oxygen atoms in total. The van der Waals surface area contributed by atoms with Gasteiger partial charge in [0.2, 0.25) is 21.8 Å². The summed E-state index contributed by atoms with van der Waals surface area (Å²) in [6.45, 7) is 4.43. The highest BCUT2D eigenvalue weighted by atomic mass is 35.5. The summed E-state index contributed by atoms with van der Waals surface area (Å²) >= 11 is 6.37. The van der Waals surface area contributed by atoms with Crippen molar-refractivity contribution >= 4 is 39.1 Å². The van der Waals surface area contributed by atoms with Crippen LogP contribution in [0.25, 0.3) is 0 Å². The van der Waals surface area contributed by atoms with Crippen LogP contribution in [0, 0.1) is 0 Å². The van der Waals surface area contributed by atoms with Crippen molar-refractivity contribution in [3.63, 3.8) is 0 Å². The molecule has 1 aliphatic rings. The number of halogens is 1. The molecule has 208 valence electrons. The number of carbonyl (C=O) groups excluding carboxylic acids is 2. The van der Waals surface area contributed by atoms with Crippen molar-refractivity contribution in [3.05, 3.63) is 59.1 Å². The van der Waals surface area contributed by atoms with Crippen molar-refractivity contribution in [2.45, 2.75) is 71.0 Å². The molecule has 2 amide bonds. The van der Waals surface area contributed by atoms with Crippen LogP contribution in [0.2, 0.25) is 5.02 Å². The summed E-state index contributed by atoms with van der Waals surface area (Å²) in [5, 5.41) is 3.60. The van der Waals surface area contributed by atoms with Gasteiger partial charge in [0, 0.05) is 30.6 Å². The summed E-state index contributed by atoms with van der Waals surface area (Å²) in [6.07, 6.45) is 5.58. The molecular weight excluding hydrogens is 526 g/mol. The maximum atomic E-state index is 13.4. The lowest BCUT2D eigenvalue weighted by atomic mass is 10.1. The molecule has 3 rings (SSSR count). The van der Waals surface area contributed by atoms with Crippen LogP contribution in [-0.2, 0) is 26.2 Å². The fourth-order valence-corrected chi connectivity index (χ4v) is 5.82. The molecule has 1 saturated carbocycles. The molecule has 2 aromatic carbocycles. The number of sulfonamides is 1. The highest BCUT2D eigenvalue weighted by Gasteiger charge is 2.29. The van der Waals surface area contributed by atoms with Gasteiger partial charge in [0.1, 0.15) is 11.8 Å². The monoisotopic (exact) mass is 563 g/mol. The number of hydrogen-bond donors (Lipinski definition) is 1. The van der Waals surface area contributed by atoms with Crippen molar-refractivity contribution in [1.82, 2.24) is 10.2 Å². The van der Waals surface area contributed by atoms with Crippen LogP contribution in [0.3, 0.4) is 0 Å². The zero-order chi connectivity index (χ0) is 27.7. The molecule has 0 bridgehead atoms. The molecule has 10 heteroatoms. The Morgan fingerprint density at radius 1 is 1.11 bits per heavy atom. The third-order valence-electron chi connectivity index (χ3n) is 6.76. The van der Waals surface area contributed by atoms with E-state index in [1.54, 1.807) is 37.3 Å². The number of rotatable bonds is 13. The Balaban J connectivity index is 1.71. The van der Waals surface area contributed by atoms with Crippen LogP contribution in [-0.4, -0.2) is 56.6 Å². The van der Waals surface area contributed by atoms with Crippen LogP contribution in [0.5, 0.6) is 5.75 Å². The molecule has 38 heavy (non-hydrogen) atoms. The average Bonchev–Trinajstić information content (AvgIpc) is 3.39. The zero-order valence-electron chi connectivity index (χ0n) is 22.4. The number of amides is 2. The van der Waals surface area contributed by atoms with E-state index in [1.165, 1.54) is 9.21 Å². The summed E-state index contributed by atoms with van der Waals surface area (Å²) in [5.41, 5.74) is 1.25. The largest absolute Gasteiger partial charge is 0.494 e. The highest BCUT2D eigenvalue weighted by Crippen LogP contribution is 2.24. The van der Waals surface area contributed by atoms with Gasteiger partial charge in [-0.1, -0.05) is 42.6 Å². The molecule has 0 aliphatic heterocycles. The SMILES string of the molecule is CCOc1ccc(N(CCCC(=O)N(Cc2ccccc2Cl)C(C)C(=O)NC2CCCC2)S(C)(=O)=O)cc1. The van der Waals surface area contributed by atoms with E-state index < -0.39 is 16.1 Å². The number of carbonyl (C=O) groups is 2. The summed E-state index contributed by atoms with van der Waals surface area (Å²) < 4.78 is 31.8. The number of nitrogens with zero attached hydrogens (tertiary/aromatic N) is 2. The lowest BCUT2D eigenvalue weighted by molar-refractivity contribution is -0.140. The second-order valence-electron chi connectivity index (χ2n) is 9.64. The van der Waals surface area contributed by atoms with Gasteiger partial charge in [0.25, 0.3) is 0 Å². The van der Waals surface area contributed by atoms with Gasteiger partial charge in [-0.2, -0.15) is 0 Å². The third-order valence-corrected chi connectivity index (χ3v) is 8.32. The molecule has 0 saturated heterocycles. The Labute approximate surface area is 231 Å². The second-order valence-corrected chi connectivity index (χ2v) is 12.0.